The first-order chi connectivity index (χ1) is 7.46. The molecule has 0 atom stereocenters. The van der Waals surface area contributed by atoms with Gasteiger partial charge in [-0.3, -0.25) is 0 Å². The van der Waals surface area contributed by atoms with Crippen LogP contribution in [0.15, 0.2) is 12.7 Å². The first kappa shape index (κ1) is 13.2. The highest BCUT2D eigenvalue weighted by Crippen LogP contribution is 2.33. The fraction of sp³-hybridized carbons (Fsp3) is 0.750. The van der Waals surface area contributed by atoms with Crippen molar-refractivity contribution >= 4 is 5.97 Å². The van der Waals surface area contributed by atoms with Gasteiger partial charge >= 0.3 is 5.97 Å². The molecule has 0 bridgehead atoms. The highest BCUT2D eigenvalue weighted by molar-refractivity contribution is 5.80. The maximum absolute atomic E-state index is 11.9. The molecule has 0 aromatic heterocycles. The summed E-state index contributed by atoms with van der Waals surface area (Å²) in [5, 5.41) is 10.8. The fourth-order valence-electron chi connectivity index (χ4n) is 1.82. The van der Waals surface area contributed by atoms with E-state index >= 15 is 0 Å². The molecule has 0 amide bonds. The van der Waals surface area contributed by atoms with Crippen molar-refractivity contribution in [1.29, 1.82) is 0 Å². The van der Waals surface area contributed by atoms with E-state index in [1.807, 2.05) is 0 Å². The summed E-state index contributed by atoms with van der Waals surface area (Å²) >= 11 is 0. The Bertz CT molecular complexity index is 264. The second kappa shape index (κ2) is 4.97. The standard InChI is InChI=1S/C12H19O4/c1-4-11(2,3)15-10(13)12(16-14)8-6-5-7-9-12/h4H,1,5-9H2,2-3H3. The summed E-state index contributed by atoms with van der Waals surface area (Å²) in [7, 11) is 0. The average Bonchev–Trinajstić information content (AvgIpc) is 2.29. The van der Waals surface area contributed by atoms with Gasteiger partial charge in [0.25, 0.3) is 0 Å². The topological polar surface area (TPSA) is 55.4 Å². The molecule has 0 heterocycles. The predicted octanol–water partition coefficient (Wildman–Crippen LogP) is 2.56. The molecule has 16 heavy (non-hydrogen) atoms. The van der Waals surface area contributed by atoms with Gasteiger partial charge in [0, 0.05) is 0 Å². The fourth-order valence-corrected chi connectivity index (χ4v) is 1.82. The van der Waals surface area contributed by atoms with Crippen molar-refractivity contribution in [3.8, 4) is 0 Å². The third-order valence-corrected chi connectivity index (χ3v) is 3.04. The van der Waals surface area contributed by atoms with Gasteiger partial charge < -0.3 is 4.74 Å². The monoisotopic (exact) mass is 227 g/mol. The summed E-state index contributed by atoms with van der Waals surface area (Å²) in [5.74, 6) is -0.563. The van der Waals surface area contributed by atoms with E-state index in [9.17, 15) is 10.1 Å². The number of carbonyl (C=O) groups excluding carboxylic acids is 1. The molecule has 0 spiro atoms. The van der Waals surface area contributed by atoms with Gasteiger partial charge in [0.15, 0.2) is 0 Å². The molecule has 0 aromatic rings. The van der Waals surface area contributed by atoms with Crippen molar-refractivity contribution in [1.82, 2.24) is 0 Å². The van der Waals surface area contributed by atoms with Gasteiger partial charge in [-0.25, -0.2) is 4.79 Å². The lowest BCUT2D eigenvalue weighted by Gasteiger charge is -2.33. The van der Waals surface area contributed by atoms with E-state index in [1.165, 1.54) is 6.08 Å². The van der Waals surface area contributed by atoms with E-state index in [-0.39, 0.29) is 0 Å². The highest BCUT2D eigenvalue weighted by Gasteiger charge is 2.45. The Kier molecular flexibility index (Phi) is 4.10. The Morgan fingerprint density at radius 2 is 1.88 bits per heavy atom. The van der Waals surface area contributed by atoms with Crippen molar-refractivity contribution < 1.29 is 19.7 Å². The first-order valence-electron chi connectivity index (χ1n) is 5.64. The van der Waals surface area contributed by atoms with Crippen LogP contribution in [0.4, 0.5) is 0 Å². The zero-order valence-corrected chi connectivity index (χ0v) is 9.95. The second-order valence-electron chi connectivity index (χ2n) is 4.84. The van der Waals surface area contributed by atoms with Crippen molar-refractivity contribution in [2.24, 2.45) is 0 Å². The van der Waals surface area contributed by atoms with Crippen LogP contribution < -0.4 is 0 Å². The summed E-state index contributed by atoms with van der Waals surface area (Å²) in [6.45, 7) is 7.03. The van der Waals surface area contributed by atoms with Gasteiger partial charge in [-0.2, -0.15) is 4.89 Å². The molecular formula is C12H19O4. The molecule has 1 rings (SSSR count). The van der Waals surface area contributed by atoms with Crippen LogP contribution in [0.3, 0.4) is 0 Å². The summed E-state index contributed by atoms with van der Waals surface area (Å²) in [4.78, 5) is 16.1. The summed E-state index contributed by atoms with van der Waals surface area (Å²) in [5.41, 5.74) is -2.04. The smallest absolute Gasteiger partial charge is 0.342 e. The molecular weight excluding hydrogens is 208 g/mol. The highest BCUT2D eigenvalue weighted by atomic mass is 17.1. The molecule has 1 saturated carbocycles. The Labute approximate surface area is 96.2 Å². The Hall–Kier alpha value is -0.870. The number of esters is 1. The zero-order valence-electron chi connectivity index (χ0n) is 9.95. The van der Waals surface area contributed by atoms with Gasteiger partial charge in [-0.1, -0.05) is 13.0 Å². The minimum Gasteiger partial charge on any atom is -0.453 e. The lowest BCUT2D eigenvalue weighted by atomic mass is 9.85. The molecule has 1 radical (unpaired) electrons. The largest absolute Gasteiger partial charge is 0.453 e. The Morgan fingerprint density at radius 1 is 1.31 bits per heavy atom. The normalized spacial score (nSPS) is 20.2. The van der Waals surface area contributed by atoms with Crippen molar-refractivity contribution in [2.75, 3.05) is 0 Å². The van der Waals surface area contributed by atoms with Gasteiger partial charge in [0.1, 0.15) is 5.60 Å². The minimum atomic E-state index is -1.28. The lowest BCUT2D eigenvalue weighted by Crippen LogP contribution is -2.46. The van der Waals surface area contributed by atoms with Crippen LogP contribution >= 0.6 is 0 Å². The zero-order chi connectivity index (χ0) is 12.2. The van der Waals surface area contributed by atoms with E-state index in [0.717, 1.165) is 19.3 Å². The molecule has 0 saturated heterocycles. The minimum absolute atomic E-state index is 0.447. The maximum Gasteiger partial charge on any atom is 0.342 e. The maximum atomic E-state index is 11.9. The molecule has 0 aromatic carbocycles. The SMILES string of the molecule is C=CC(C)(C)OC(=O)C1(O[O])CCCCC1. The molecule has 91 valence electrons. The summed E-state index contributed by atoms with van der Waals surface area (Å²) < 4.78 is 5.24. The molecule has 0 unspecified atom stereocenters. The quantitative estimate of drug-likeness (QED) is 0.321. The van der Waals surface area contributed by atoms with Crippen LogP contribution in [-0.4, -0.2) is 17.2 Å². The van der Waals surface area contributed by atoms with Crippen LogP contribution in [-0.2, 0) is 19.7 Å². The Morgan fingerprint density at radius 3 is 2.31 bits per heavy atom. The average molecular weight is 227 g/mol. The summed E-state index contributed by atoms with van der Waals surface area (Å²) in [6, 6.07) is 0. The number of hydrogen-bond donors (Lipinski definition) is 0. The van der Waals surface area contributed by atoms with Crippen LogP contribution in [0.5, 0.6) is 0 Å². The van der Waals surface area contributed by atoms with Gasteiger partial charge in [0.2, 0.25) is 5.60 Å². The molecule has 1 aliphatic rings. The number of hydrogen-bond acceptors (Lipinski definition) is 3. The van der Waals surface area contributed by atoms with Crippen molar-refractivity contribution in [2.45, 2.75) is 57.2 Å². The van der Waals surface area contributed by atoms with Gasteiger partial charge in [-0.05, 0) is 50.9 Å². The third-order valence-electron chi connectivity index (χ3n) is 3.04. The molecule has 0 N–H and O–H groups in total. The third kappa shape index (κ3) is 2.83. The van der Waals surface area contributed by atoms with E-state index in [2.05, 4.69) is 11.5 Å². The first-order valence-corrected chi connectivity index (χ1v) is 5.64. The number of ether oxygens (including phenoxy) is 1. The van der Waals surface area contributed by atoms with Crippen LogP contribution in [0.2, 0.25) is 0 Å². The molecule has 1 aliphatic carbocycles. The van der Waals surface area contributed by atoms with Gasteiger partial charge in [-0.15, -0.1) is 0 Å². The Balaban J connectivity index is 2.72. The lowest BCUT2D eigenvalue weighted by molar-refractivity contribution is -0.372. The molecule has 0 aliphatic heterocycles. The van der Waals surface area contributed by atoms with Crippen LogP contribution in [0, 0.1) is 0 Å². The van der Waals surface area contributed by atoms with Crippen molar-refractivity contribution in [3.05, 3.63) is 12.7 Å². The van der Waals surface area contributed by atoms with E-state index in [0.29, 0.717) is 12.8 Å². The molecule has 4 nitrogen and oxygen atoms in total. The number of carbonyl (C=O) groups is 1. The van der Waals surface area contributed by atoms with Gasteiger partial charge in [0.05, 0.1) is 0 Å². The second-order valence-corrected chi connectivity index (χ2v) is 4.84. The predicted molar refractivity (Wildman–Crippen MR) is 58.0 cm³/mol. The summed E-state index contributed by atoms with van der Waals surface area (Å²) in [6.07, 6.45) is 5.11. The van der Waals surface area contributed by atoms with Crippen molar-refractivity contribution in [3.63, 3.8) is 0 Å². The number of rotatable bonds is 4. The molecule has 4 heteroatoms. The van der Waals surface area contributed by atoms with E-state index in [4.69, 9.17) is 4.74 Å². The van der Waals surface area contributed by atoms with Crippen LogP contribution in [0.1, 0.15) is 46.0 Å². The van der Waals surface area contributed by atoms with Crippen LogP contribution in [0.25, 0.3) is 0 Å². The van der Waals surface area contributed by atoms with E-state index in [1.54, 1.807) is 13.8 Å². The van der Waals surface area contributed by atoms with E-state index < -0.39 is 17.2 Å². The molecule has 1 fully saturated rings.